The third-order valence-corrected chi connectivity index (χ3v) is 6.05. The number of hydrogen-bond donors (Lipinski definition) is 0. The van der Waals surface area contributed by atoms with Gasteiger partial charge in [0.15, 0.2) is 12.4 Å². The number of carbonyl (C=O) groups excluding carboxylic acids is 2. The summed E-state index contributed by atoms with van der Waals surface area (Å²) < 4.78 is 45.5. The number of nitrogens with zero attached hydrogens (tertiary/aromatic N) is 2. The van der Waals surface area contributed by atoms with Crippen molar-refractivity contribution in [3.8, 4) is 0 Å². The second-order valence-corrected chi connectivity index (χ2v) is 7.71. The van der Waals surface area contributed by atoms with Gasteiger partial charge in [0.05, 0.1) is 0 Å². The zero-order valence-corrected chi connectivity index (χ0v) is 16.1. The van der Waals surface area contributed by atoms with Crippen LogP contribution in [-0.4, -0.2) is 48.7 Å². The van der Waals surface area contributed by atoms with Gasteiger partial charge in [0.1, 0.15) is 16.4 Å². The second kappa shape index (κ2) is 8.45. The molecule has 0 fully saturated rings. The van der Waals surface area contributed by atoms with Crippen LogP contribution in [0.2, 0.25) is 0 Å². The van der Waals surface area contributed by atoms with Gasteiger partial charge in [0.25, 0.3) is 0 Å². The number of aryl methyl sites for hydroxylation is 1. The Kier molecular flexibility index (Phi) is 6.50. The molecule has 0 saturated carbocycles. The normalized spacial score (nSPS) is 11.6. The lowest BCUT2D eigenvalue weighted by molar-refractivity contribution is 0.0465. The van der Waals surface area contributed by atoms with Gasteiger partial charge in [-0.15, -0.1) is 0 Å². The zero-order chi connectivity index (χ0) is 20.2. The minimum atomic E-state index is -3.71. The van der Waals surface area contributed by atoms with E-state index in [1.807, 2.05) is 0 Å². The Morgan fingerprint density at radius 3 is 2.30 bits per heavy atom. The number of halogens is 1. The van der Waals surface area contributed by atoms with Crippen LogP contribution >= 0.6 is 0 Å². The van der Waals surface area contributed by atoms with Crippen molar-refractivity contribution in [2.75, 3.05) is 19.7 Å². The summed E-state index contributed by atoms with van der Waals surface area (Å²) in [5.41, 5.74) is 0.216. The Bertz CT molecular complexity index is 931. The minimum Gasteiger partial charge on any atom is -0.453 e. The molecule has 146 valence electrons. The monoisotopic (exact) mass is 396 g/mol. The van der Waals surface area contributed by atoms with Gasteiger partial charge in [-0.25, -0.2) is 17.6 Å². The van der Waals surface area contributed by atoms with Gasteiger partial charge in [-0.3, -0.25) is 4.79 Å². The van der Waals surface area contributed by atoms with E-state index < -0.39 is 34.2 Å². The second-order valence-electron chi connectivity index (χ2n) is 5.77. The quantitative estimate of drug-likeness (QED) is 0.505. The summed E-state index contributed by atoms with van der Waals surface area (Å²) in [6.07, 6.45) is 1.33. The highest BCUT2D eigenvalue weighted by Gasteiger charge is 2.26. The molecule has 0 radical (unpaired) electrons. The van der Waals surface area contributed by atoms with E-state index in [0.717, 1.165) is 12.1 Å². The number of sulfonamides is 1. The number of carbonyl (C=O) groups is 2. The van der Waals surface area contributed by atoms with E-state index in [1.54, 1.807) is 13.8 Å². The van der Waals surface area contributed by atoms with Crippen molar-refractivity contribution >= 4 is 21.8 Å². The number of ether oxygens (including phenoxy) is 1. The molecule has 27 heavy (non-hydrogen) atoms. The highest BCUT2D eigenvalue weighted by atomic mass is 32.2. The molecule has 0 amide bonds. The van der Waals surface area contributed by atoms with Crippen molar-refractivity contribution in [1.82, 2.24) is 8.87 Å². The van der Waals surface area contributed by atoms with Gasteiger partial charge in [-0.05, 0) is 30.3 Å². The number of esters is 1. The molecule has 1 aromatic carbocycles. The molecule has 0 bridgehead atoms. The van der Waals surface area contributed by atoms with Crippen LogP contribution in [0.15, 0.2) is 41.4 Å². The lowest BCUT2D eigenvalue weighted by atomic mass is 10.1. The summed E-state index contributed by atoms with van der Waals surface area (Å²) in [5.74, 6) is -1.79. The highest BCUT2D eigenvalue weighted by molar-refractivity contribution is 7.89. The Morgan fingerprint density at radius 2 is 1.74 bits per heavy atom. The number of benzene rings is 1. The average Bonchev–Trinajstić information content (AvgIpc) is 3.03. The van der Waals surface area contributed by atoms with Crippen LogP contribution in [0.4, 0.5) is 4.39 Å². The summed E-state index contributed by atoms with van der Waals surface area (Å²) in [6, 6.07) is 6.08. The molecule has 7 nitrogen and oxygen atoms in total. The summed E-state index contributed by atoms with van der Waals surface area (Å²) in [4.78, 5) is 24.2. The number of ketones is 1. The average molecular weight is 396 g/mol. The van der Waals surface area contributed by atoms with E-state index in [1.165, 1.54) is 40.3 Å². The molecule has 2 rings (SSSR count). The molecule has 0 aliphatic heterocycles. The van der Waals surface area contributed by atoms with E-state index in [4.69, 9.17) is 4.74 Å². The Balaban J connectivity index is 2.12. The maximum atomic E-state index is 12.9. The molecular weight excluding hydrogens is 375 g/mol. The zero-order valence-electron chi connectivity index (χ0n) is 15.3. The minimum absolute atomic E-state index is 0.00707. The lowest BCUT2D eigenvalue weighted by Gasteiger charge is -2.17. The molecule has 0 atom stereocenters. The smallest absolute Gasteiger partial charge is 0.355 e. The summed E-state index contributed by atoms with van der Waals surface area (Å²) >= 11 is 0. The van der Waals surface area contributed by atoms with Crippen molar-refractivity contribution in [1.29, 1.82) is 0 Å². The molecule has 0 unspecified atom stereocenters. The van der Waals surface area contributed by atoms with Crippen molar-refractivity contribution in [2.45, 2.75) is 18.7 Å². The first-order chi connectivity index (χ1) is 12.7. The van der Waals surface area contributed by atoms with Crippen LogP contribution < -0.4 is 0 Å². The predicted molar refractivity (Wildman–Crippen MR) is 96.5 cm³/mol. The lowest BCUT2D eigenvalue weighted by Crippen LogP contribution is -2.30. The number of hydrogen-bond acceptors (Lipinski definition) is 5. The van der Waals surface area contributed by atoms with Crippen molar-refractivity contribution in [3.63, 3.8) is 0 Å². The third-order valence-electron chi connectivity index (χ3n) is 4.03. The van der Waals surface area contributed by atoms with Gasteiger partial charge < -0.3 is 9.30 Å². The largest absolute Gasteiger partial charge is 0.453 e. The Labute approximate surface area is 157 Å². The number of Topliss-reactive ketones (excluding diaryl/α,β-unsaturated/α-hetero) is 1. The van der Waals surface area contributed by atoms with E-state index in [-0.39, 0.29) is 16.2 Å². The van der Waals surface area contributed by atoms with Crippen LogP contribution in [-0.2, 0) is 21.8 Å². The van der Waals surface area contributed by atoms with Crippen LogP contribution in [0, 0.1) is 5.82 Å². The fourth-order valence-corrected chi connectivity index (χ4v) is 4.04. The van der Waals surface area contributed by atoms with E-state index >= 15 is 0 Å². The highest BCUT2D eigenvalue weighted by Crippen LogP contribution is 2.19. The van der Waals surface area contributed by atoms with Gasteiger partial charge in [-0.2, -0.15) is 4.31 Å². The maximum absolute atomic E-state index is 12.9. The first-order valence-electron chi connectivity index (χ1n) is 8.33. The van der Waals surface area contributed by atoms with E-state index in [2.05, 4.69) is 0 Å². The van der Waals surface area contributed by atoms with Crippen LogP contribution in [0.5, 0.6) is 0 Å². The number of aromatic nitrogens is 1. The van der Waals surface area contributed by atoms with Gasteiger partial charge in [0, 0.05) is 31.9 Å². The fraction of sp³-hybridized carbons (Fsp3) is 0.333. The molecule has 0 aliphatic rings. The fourth-order valence-electron chi connectivity index (χ4n) is 2.51. The van der Waals surface area contributed by atoms with E-state index in [0.29, 0.717) is 13.1 Å². The van der Waals surface area contributed by atoms with Crippen molar-refractivity contribution < 1.29 is 27.1 Å². The van der Waals surface area contributed by atoms with Crippen molar-refractivity contribution in [3.05, 3.63) is 53.6 Å². The Morgan fingerprint density at radius 1 is 1.15 bits per heavy atom. The Hall–Kier alpha value is -2.52. The third kappa shape index (κ3) is 4.61. The molecule has 1 aromatic heterocycles. The van der Waals surface area contributed by atoms with Crippen LogP contribution in [0.3, 0.4) is 0 Å². The molecule has 0 spiro atoms. The first kappa shape index (κ1) is 20.8. The van der Waals surface area contributed by atoms with Gasteiger partial charge in [-0.1, -0.05) is 13.8 Å². The molecule has 1 heterocycles. The SMILES string of the molecule is CCN(CC)S(=O)(=O)c1cc(C(=O)OCC(=O)c2ccc(F)cc2)n(C)c1. The maximum Gasteiger partial charge on any atom is 0.355 e. The summed E-state index contributed by atoms with van der Waals surface area (Å²) in [7, 11) is -2.20. The van der Waals surface area contributed by atoms with Gasteiger partial charge in [0.2, 0.25) is 10.0 Å². The van der Waals surface area contributed by atoms with Gasteiger partial charge >= 0.3 is 5.97 Å². The number of rotatable bonds is 8. The van der Waals surface area contributed by atoms with Crippen LogP contribution in [0.25, 0.3) is 0 Å². The summed E-state index contributed by atoms with van der Waals surface area (Å²) in [5, 5.41) is 0. The molecular formula is C18H21FN2O5S. The standard InChI is InChI=1S/C18H21FN2O5S/c1-4-21(5-2)27(24,25)15-10-16(20(3)11-15)18(23)26-12-17(22)13-6-8-14(19)9-7-13/h6-11H,4-5,12H2,1-3H3. The van der Waals surface area contributed by atoms with Crippen LogP contribution in [0.1, 0.15) is 34.7 Å². The molecule has 0 saturated heterocycles. The molecule has 2 aromatic rings. The summed E-state index contributed by atoms with van der Waals surface area (Å²) in [6.45, 7) is 3.52. The van der Waals surface area contributed by atoms with Crippen molar-refractivity contribution in [2.24, 2.45) is 7.05 Å². The van der Waals surface area contributed by atoms with E-state index in [9.17, 15) is 22.4 Å². The molecule has 0 N–H and O–H groups in total. The molecule has 9 heteroatoms. The predicted octanol–water partition coefficient (Wildman–Crippen LogP) is 2.23. The first-order valence-corrected chi connectivity index (χ1v) is 9.77. The topological polar surface area (TPSA) is 85.7 Å². The molecule has 0 aliphatic carbocycles.